The van der Waals surface area contributed by atoms with Gasteiger partial charge < -0.3 is 15.5 Å². The number of nitrogens with zero attached hydrogens (tertiary/aromatic N) is 1. The van der Waals surface area contributed by atoms with Crippen molar-refractivity contribution in [2.24, 2.45) is 0 Å². The average molecular weight is 246 g/mol. The highest BCUT2D eigenvalue weighted by atomic mass is 16.3. The summed E-state index contributed by atoms with van der Waals surface area (Å²) in [6.07, 6.45) is 2.41. The Labute approximate surface area is 106 Å². The second-order valence-electron chi connectivity index (χ2n) is 4.39. The predicted octanol–water partition coefficient (Wildman–Crippen LogP) is 1.24. The maximum atomic E-state index is 10.1. The molecule has 0 amide bonds. The molecule has 0 aliphatic heterocycles. The van der Waals surface area contributed by atoms with E-state index in [1.54, 1.807) is 12.4 Å². The Morgan fingerprint density at radius 2 is 2.06 bits per heavy atom. The fraction of sp³-hybridized carbons (Fsp3) is 0.357. The molecule has 0 saturated carbocycles. The van der Waals surface area contributed by atoms with Gasteiger partial charge in [0.1, 0.15) is 6.10 Å². The molecule has 3 N–H and O–H groups in total. The van der Waals surface area contributed by atoms with E-state index in [0.717, 1.165) is 16.3 Å². The Balaban J connectivity index is 2.19. The smallest absolute Gasteiger partial charge is 0.105 e. The molecule has 1 aromatic carbocycles. The molecule has 2 rings (SSSR count). The van der Waals surface area contributed by atoms with Crippen LogP contribution < -0.4 is 5.32 Å². The number of hydrogen-bond acceptors (Lipinski definition) is 4. The fourth-order valence-electron chi connectivity index (χ4n) is 1.96. The summed E-state index contributed by atoms with van der Waals surface area (Å²) < 4.78 is 0. The van der Waals surface area contributed by atoms with Crippen LogP contribution in [0.15, 0.2) is 36.7 Å². The summed E-state index contributed by atoms with van der Waals surface area (Å²) >= 11 is 0. The van der Waals surface area contributed by atoms with Gasteiger partial charge in [-0.05, 0) is 43.1 Å². The minimum absolute atomic E-state index is 0.520. The van der Waals surface area contributed by atoms with Gasteiger partial charge in [-0.15, -0.1) is 0 Å². The maximum Gasteiger partial charge on any atom is 0.105 e. The van der Waals surface area contributed by atoms with Crippen molar-refractivity contribution in [2.45, 2.75) is 18.6 Å². The Kier molecular flexibility index (Phi) is 4.25. The van der Waals surface area contributed by atoms with E-state index in [2.05, 4.69) is 10.3 Å². The lowest BCUT2D eigenvalue weighted by atomic mass is 9.99. The second kappa shape index (κ2) is 5.91. The summed E-state index contributed by atoms with van der Waals surface area (Å²) in [4.78, 5) is 4.04. The minimum Gasteiger partial charge on any atom is -0.390 e. The van der Waals surface area contributed by atoms with E-state index in [0.29, 0.717) is 13.0 Å². The first kappa shape index (κ1) is 13.0. The highest BCUT2D eigenvalue weighted by molar-refractivity contribution is 5.82. The number of hydrogen-bond donors (Lipinski definition) is 3. The van der Waals surface area contributed by atoms with Crippen LogP contribution in [0.5, 0.6) is 0 Å². The first-order chi connectivity index (χ1) is 8.72. The molecule has 2 aromatic rings. The van der Waals surface area contributed by atoms with Gasteiger partial charge >= 0.3 is 0 Å². The van der Waals surface area contributed by atoms with Gasteiger partial charge in [0.25, 0.3) is 0 Å². The van der Waals surface area contributed by atoms with Gasteiger partial charge in [0.05, 0.1) is 6.10 Å². The van der Waals surface area contributed by atoms with Crippen LogP contribution in [-0.4, -0.2) is 34.9 Å². The molecule has 4 heteroatoms. The Morgan fingerprint density at radius 1 is 1.22 bits per heavy atom. The van der Waals surface area contributed by atoms with E-state index < -0.39 is 12.2 Å². The lowest BCUT2D eigenvalue weighted by Gasteiger charge is -2.18. The van der Waals surface area contributed by atoms with Crippen LogP contribution in [-0.2, 0) is 0 Å². The molecule has 0 aliphatic rings. The summed E-state index contributed by atoms with van der Waals surface area (Å²) in [5, 5.41) is 25.0. The summed E-state index contributed by atoms with van der Waals surface area (Å²) in [5.74, 6) is 0. The molecule has 1 heterocycles. The third-order valence-corrected chi connectivity index (χ3v) is 3.06. The van der Waals surface area contributed by atoms with Crippen LogP contribution in [0.2, 0.25) is 0 Å². The average Bonchev–Trinajstić information content (AvgIpc) is 2.43. The quantitative estimate of drug-likeness (QED) is 0.742. The summed E-state index contributed by atoms with van der Waals surface area (Å²) in [7, 11) is 1.82. The second-order valence-corrected chi connectivity index (χ2v) is 4.39. The van der Waals surface area contributed by atoms with E-state index in [4.69, 9.17) is 0 Å². The van der Waals surface area contributed by atoms with Gasteiger partial charge in [0.2, 0.25) is 0 Å². The normalized spacial score (nSPS) is 14.6. The number of pyridine rings is 1. The van der Waals surface area contributed by atoms with Crippen LogP contribution in [0.25, 0.3) is 10.8 Å². The van der Waals surface area contributed by atoms with Crippen LogP contribution in [0.3, 0.4) is 0 Å². The van der Waals surface area contributed by atoms with Gasteiger partial charge in [-0.25, -0.2) is 0 Å². The molecule has 96 valence electrons. The van der Waals surface area contributed by atoms with Gasteiger partial charge in [0.15, 0.2) is 0 Å². The van der Waals surface area contributed by atoms with E-state index in [1.165, 1.54) is 0 Å². The highest BCUT2D eigenvalue weighted by Crippen LogP contribution is 2.23. The number of rotatable bonds is 5. The Hall–Kier alpha value is -1.49. The number of fused-ring (bicyclic) bond motifs is 1. The Bertz CT molecular complexity index is 516. The molecule has 2 unspecified atom stereocenters. The predicted molar refractivity (Wildman–Crippen MR) is 71.3 cm³/mol. The van der Waals surface area contributed by atoms with Gasteiger partial charge in [0, 0.05) is 17.8 Å². The minimum atomic E-state index is -0.851. The van der Waals surface area contributed by atoms with Crippen molar-refractivity contribution in [3.8, 4) is 0 Å². The molecule has 2 atom stereocenters. The number of aromatic nitrogens is 1. The molecule has 4 nitrogen and oxygen atoms in total. The number of aliphatic hydroxyl groups excluding tert-OH is 2. The van der Waals surface area contributed by atoms with Crippen molar-refractivity contribution in [1.82, 2.24) is 10.3 Å². The molecule has 0 fully saturated rings. The Morgan fingerprint density at radius 3 is 2.83 bits per heavy atom. The van der Waals surface area contributed by atoms with Crippen molar-refractivity contribution in [3.63, 3.8) is 0 Å². The molecule has 0 saturated heterocycles. The van der Waals surface area contributed by atoms with Crippen LogP contribution >= 0.6 is 0 Å². The monoisotopic (exact) mass is 246 g/mol. The molecule has 0 bridgehead atoms. The molecule has 1 aromatic heterocycles. The zero-order valence-electron chi connectivity index (χ0n) is 10.4. The largest absolute Gasteiger partial charge is 0.390 e. The topological polar surface area (TPSA) is 65.4 Å². The third-order valence-electron chi connectivity index (χ3n) is 3.06. The molecule has 0 spiro atoms. The standard InChI is InChI=1S/C14H18N2O2/c1-15-6-5-13(17)14(18)11-2-3-12-9-16-7-4-10(12)8-11/h2-4,7-9,13-15,17-18H,5-6H2,1H3. The first-order valence-corrected chi connectivity index (χ1v) is 6.07. The van der Waals surface area contributed by atoms with Crippen LogP contribution in [0, 0.1) is 0 Å². The van der Waals surface area contributed by atoms with E-state index in [9.17, 15) is 10.2 Å². The van der Waals surface area contributed by atoms with Crippen LogP contribution in [0.4, 0.5) is 0 Å². The first-order valence-electron chi connectivity index (χ1n) is 6.07. The molecule has 0 aliphatic carbocycles. The number of benzene rings is 1. The fourth-order valence-corrected chi connectivity index (χ4v) is 1.96. The highest BCUT2D eigenvalue weighted by Gasteiger charge is 2.17. The lowest BCUT2D eigenvalue weighted by Crippen LogP contribution is -2.23. The summed E-state index contributed by atoms with van der Waals surface area (Å²) in [6.45, 7) is 0.676. The van der Waals surface area contributed by atoms with Crippen molar-refractivity contribution in [2.75, 3.05) is 13.6 Å². The number of aliphatic hydroxyl groups is 2. The van der Waals surface area contributed by atoms with E-state index in [1.807, 2.05) is 31.3 Å². The zero-order valence-corrected chi connectivity index (χ0v) is 10.4. The SMILES string of the molecule is CNCCC(O)C(O)c1ccc2cnccc2c1. The van der Waals surface area contributed by atoms with Gasteiger partial charge in [-0.2, -0.15) is 0 Å². The molecular weight excluding hydrogens is 228 g/mol. The van der Waals surface area contributed by atoms with Crippen LogP contribution in [0.1, 0.15) is 18.1 Å². The summed E-state index contributed by atoms with van der Waals surface area (Å²) in [5.41, 5.74) is 0.734. The maximum absolute atomic E-state index is 10.1. The third kappa shape index (κ3) is 2.85. The molecular formula is C14H18N2O2. The van der Waals surface area contributed by atoms with Crippen molar-refractivity contribution >= 4 is 10.8 Å². The van der Waals surface area contributed by atoms with Crippen molar-refractivity contribution in [1.29, 1.82) is 0 Å². The lowest BCUT2D eigenvalue weighted by molar-refractivity contribution is 0.0141. The van der Waals surface area contributed by atoms with E-state index in [-0.39, 0.29) is 0 Å². The molecule has 0 radical (unpaired) electrons. The van der Waals surface area contributed by atoms with Crippen molar-refractivity contribution < 1.29 is 10.2 Å². The van der Waals surface area contributed by atoms with Gasteiger partial charge in [-0.3, -0.25) is 4.98 Å². The number of nitrogens with one attached hydrogen (secondary N) is 1. The van der Waals surface area contributed by atoms with Gasteiger partial charge in [-0.1, -0.05) is 12.1 Å². The zero-order chi connectivity index (χ0) is 13.0. The van der Waals surface area contributed by atoms with E-state index >= 15 is 0 Å². The molecule has 18 heavy (non-hydrogen) atoms. The summed E-state index contributed by atoms with van der Waals surface area (Å²) in [6, 6.07) is 7.53. The van der Waals surface area contributed by atoms with Crippen molar-refractivity contribution in [3.05, 3.63) is 42.2 Å².